The molecule has 0 saturated heterocycles. The Hall–Kier alpha value is -0.800. The highest BCUT2D eigenvalue weighted by atomic mass is 79.9. The Bertz CT molecular complexity index is 613. The fourth-order valence-electron chi connectivity index (χ4n) is 3.15. The maximum absolute atomic E-state index is 3.72. The van der Waals surface area contributed by atoms with Gasteiger partial charge in [-0.1, -0.05) is 15.9 Å². The predicted molar refractivity (Wildman–Crippen MR) is 96.6 cm³/mol. The fourth-order valence-corrected chi connectivity index (χ4v) is 5.10. The number of benzene rings is 1. The van der Waals surface area contributed by atoms with Crippen LogP contribution in [-0.2, 0) is 12.8 Å². The summed E-state index contributed by atoms with van der Waals surface area (Å²) >= 11 is 5.58. The molecule has 1 heterocycles. The van der Waals surface area contributed by atoms with Crippen molar-refractivity contribution in [3.05, 3.63) is 49.1 Å². The lowest BCUT2D eigenvalue weighted by Gasteiger charge is -2.18. The molecule has 1 unspecified atom stereocenters. The Balaban J connectivity index is 1.83. The van der Waals surface area contributed by atoms with Gasteiger partial charge in [-0.15, -0.1) is 11.3 Å². The second-order valence-electron chi connectivity index (χ2n) is 6.08. The highest BCUT2D eigenvalue weighted by Gasteiger charge is 2.17. The van der Waals surface area contributed by atoms with E-state index in [1.807, 2.05) is 11.3 Å². The van der Waals surface area contributed by atoms with Gasteiger partial charge in [0.15, 0.2) is 0 Å². The van der Waals surface area contributed by atoms with Crippen molar-refractivity contribution in [3.8, 4) is 0 Å². The maximum Gasteiger partial charge on any atom is 0.0578 e. The number of hydrogen-bond acceptors (Lipinski definition) is 2. The lowest BCUT2D eigenvalue weighted by Crippen LogP contribution is -2.07. The van der Waals surface area contributed by atoms with E-state index in [1.165, 1.54) is 47.4 Å². The molecular formula is C18H22BrNS. The van der Waals surface area contributed by atoms with Crippen molar-refractivity contribution in [2.45, 2.75) is 52.5 Å². The van der Waals surface area contributed by atoms with Crippen LogP contribution < -0.4 is 5.32 Å². The predicted octanol–water partition coefficient (Wildman–Crippen LogP) is 6.18. The summed E-state index contributed by atoms with van der Waals surface area (Å²) in [5.41, 5.74) is 5.47. The Morgan fingerprint density at radius 3 is 2.43 bits per heavy atom. The first kappa shape index (κ1) is 15.1. The molecule has 3 heteroatoms. The summed E-state index contributed by atoms with van der Waals surface area (Å²) in [4.78, 5) is 3.10. The molecule has 2 aromatic rings. The van der Waals surface area contributed by atoms with E-state index in [0.29, 0.717) is 6.04 Å². The third kappa shape index (κ3) is 3.19. The minimum atomic E-state index is 0.374. The number of anilines is 1. The summed E-state index contributed by atoms with van der Waals surface area (Å²) in [5, 5.41) is 3.72. The number of hydrogen-bond donors (Lipinski definition) is 1. The van der Waals surface area contributed by atoms with E-state index >= 15 is 0 Å². The largest absolute Gasteiger partial charge is 0.377 e. The molecule has 112 valence electrons. The smallest absolute Gasteiger partial charge is 0.0578 e. The second-order valence-corrected chi connectivity index (χ2v) is 8.17. The molecule has 3 rings (SSSR count). The zero-order chi connectivity index (χ0) is 15.0. The van der Waals surface area contributed by atoms with Crippen molar-refractivity contribution >= 4 is 33.0 Å². The molecule has 1 aliphatic carbocycles. The van der Waals surface area contributed by atoms with E-state index in [-0.39, 0.29) is 0 Å². The van der Waals surface area contributed by atoms with Crippen molar-refractivity contribution in [2.75, 3.05) is 5.32 Å². The number of fused-ring (bicyclic) bond motifs is 1. The first-order chi connectivity index (χ1) is 10.0. The Morgan fingerprint density at radius 1 is 1.10 bits per heavy atom. The summed E-state index contributed by atoms with van der Waals surface area (Å²) < 4.78 is 1.15. The van der Waals surface area contributed by atoms with Crippen LogP contribution in [0.2, 0.25) is 0 Å². The van der Waals surface area contributed by atoms with Gasteiger partial charge < -0.3 is 5.32 Å². The molecule has 0 amide bonds. The third-order valence-corrected chi connectivity index (χ3v) is 6.18. The van der Waals surface area contributed by atoms with Gasteiger partial charge in [0.25, 0.3) is 0 Å². The van der Waals surface area contributed by atoms with E-state index in [0.717, 1.165) is 4.47 Å². The van der Waals surface area contributed by atoms with Crippen molar-refractivity contribution in [1.29, 1.82) is 0 Å². The van der Waals surface area contributed by atoms with Crippen LogP contribution in [0.5, 0.6) is 0 Å². The molecule has 0 spiro atoms. The Labute approximate surface area is 139 Å². The van der Waals surface area contributed by atoms with E-state index < -0.39 is 0 Å². The van der Waals surface area contributed by atoms with Crippen LogP contribution in [0, 0.1) is 13.8 Å². The summed E-state index contributed by atoms with van der Waals surface area (Å²) in [6, 6.07) is 7.17. The van der Waals surface area contributed by atoms with E-state index in [1.54, 1.807) is 10.4 Å². The average Bonchev–Trinajstić information content (AvgIpc) is 2.86. The highest BCUT2D eigenvalue weighted by molar-refractivity contribution is 9.10. The van der Waals surface area contributed by atoms with Crippen LogP contribution >= 0.6 is 27.3 Å². The standard InChI is InChI=1S/C18H22BrNS/c1-11-8-15(19)9-12(2)18(11)20-13(3)17-10-14-6-4-5-7-16(14)21-17/h8-10,13,20H,4-7H2,1-3H3. The van der Waals surface area contributed by atoms with Crippen molar-refractivity contribution in [1.82, 2.24) is 0 Å². The molecule has 1 N–H and O–H groups in total. The van der Waals surface area contributed by atoms with Crippen LogP contribution in [-0.4, -0.2) is 0 Å². The van der Waals surface area contributed by atoms with Crippen LogP contribution in [0.15, 0.2) is 22.7 Å². The Kier molecular flexibility index (Phi) is 4.41. The van der Waals surface area contributed by atoms with Gasteiger partial charge in [-0.25, -0.2) is 0 Å². The molecule has 0 aliphatic heterocycles. The number of aryl methyl sites for hydroxylation is 4. The zero-order valence-electron chi connectivity index (χ0n) is 12.9. The van der Waals surface area contributed by atoms with Crippen LogP contribution in [0.25, 0.3) is 0 Å². The van der Waals surface area contributed by atoms with Gasteiger partial charge in [-0.05, 0) is 81.3 Å². The summed E-state index contributed by atoms with van der Waals surface area (Å²) in [6.45, 7) is 6.62. The highest BCUT2D eigenvalue weighted by Crippen LogP contribution is 2.35. The van der Waals surface area contributed by atoms with Gasteiger partial charge in [0.2, 0.25) is 0 Å². The lowest BCUT2D eigenvalue weighted by molar-refractivity contribution is 0.696. The number of rotatable bonds is 3. The van der Waals surface area contributed by atoms with Gasteiger partial charge >= 0.3 is 0 Å². The topological polar surface area (TPSA) is 12.0 Å². The molecule has 0 radical (unpaired) electrons. The molecule has 1 aromatic heterocycles. The lowest BCUT2D eigenvalue weighted by atomic mass is 9.99. The average molecular weight is 364 g/mol. The minimum absolute atomic E-state index is 0.374. The van der Waals surface area contributed by atoms with Crippen LogP contribution in [0.4, 0.5) is 5.69 Å². The molecule has 0 fully saturated rings. The van der Waals surface area contributed by atoms with Gasteiger partial charge in [0.05, 0.1) is 6.04 Å². The van der Waals surface area contributed by atoms with Gasteiger partial charge in [0.1, 0.15) is 0 Å². The molecule has 1 nitrogen and oxygen atoms in total. The monoisotopic (exact) mass is 363 g/mol. The number of halogens is 1. The molecule has 0 saturated carbocycles. The van der Waals surface area contributed by atoms with Crippen molar-refractivity contribution in [3.63, 3.8) is 0 Å². The quantitative estimate of drug-likeness (QED) is 0.686. The maximum atomic E-state index is 3.72. The summed E-state index contributed by atoms with van der Waals surface area (Å²) in [7, 11) is 0. The minimum Gasteiger partial charge on any atom is -0.377 e. The first-order valence-corrected chi connectivity index (χ1v) is 9.30. The molecule has 1 aromatic carbocycles. The van der Waals surface area contributed by atoms with Gasteiger partial charge in [-0.2, -0.15) is 0 Å². The second kappa shape index (κ2) is 6.13. The SMILES string of the molecule is Cc1cc(Br)cc(C)c1NC(C)c1cc2c(s1)CCCC2. The first-order valence-electron chi connectivity index (χ1n) is 7.69. The fraction of sp³-hybridized carbons (Fsp3) is 0.444. The van der Waals surface area contributed by atoms with Crippen LogP contribution in [0.1, 0.15) is 52.3 Å². The van der Waals surface area contributed by atoms with E-state index in [9.17, 15) is 0 Å². The molecule has 1 aliphatic rings. The van der Waals surface area contributed by atoms with Crippen LogP contribution in [0.3, 0.4) is 0 Å². The van der Waals surface area contributed by atoms with E-state index in [2.05, 4.69) is 60.2 Å². The third-order valence-electron chi connectivity index (χ3n) is 4.30. The van der Waals surface area contributed by atoms with Gasteiger partial charge in [-0.3, -0.25) is 0 Å². The van der Waals surface area contributed by atoms with E-state index in [4.69, 9.17) is 0 Å². The van der Waals surface area contributed by atoms with Crippen molar-refractivity contribution in [2.24, 2.45) is 0 Å². The molecular weight excluding hydrogens is 342 g/mol. The molecule has 0 bridgehead atoms. The molecule has 1 atom stereocenters. The number of thiophene rings is 1. The summed E-state index contributed by atoms with van der Waals surface area (Å²) in [5.74, 6) is 0. The molecule has 21 heavy (non-hydrogen) atoms. The Morgan fingerprint density at radius 2 is 1.76 bits per heavy atom. The zero-order valence-corrected chi connectivity index (χ0v) is 15.3. The van der Waals surface area contributed by atoms with Crippen molar-refractivity contribution < 1.29 is 0 Å². The normalized spacial score (nSPS) is 15.6. The summed E-state index contributed by atoms with van der Waals surface area (Å²) in [6.07, 6.45) is 5.27. The number of nitrogens with one attached hydrogen (secondary N) is 1. The van der Waals surface area contributed by atoms with Gasteiger partial charge in [0, 0.05) is 19.9 Å².